The van der Waals surface area contributed by atoms with Crippen molar-refractivity contribution in [2.24, 2.45) is 17.8 Å². The van der Waals surface area contributed by atoms with Gasteiger partial charge in [0.15, 0.2) is 9.84 Å². The van der Waals surface area contributed by atoms with E-state index < -0.39 is 27.4 Å². The van der Waals surface area contributed by atoms with Crippen LogP contribution in [0.3, 0.4) is 0 Å². The number of carbonyl (C=O) groups excluding carboxylic acids is 2. The van der Waals surface area contributed by atoms with Gasteiger partial charge in [0.05, 0.1) is 17.3 Å². The van der Waals surface area contributed by atoms with Gasteiger partial charge in [-0.2, -0.15) is 0 Å². The lowest BCUT2D eigenvalue weighted by molar-refractivity contribution is -0.124. The lowest BCUT2D eigenvalue weighted by atomic mass is 9.57. The van der Waals surface area contributed by atoms with Gasteiger partial charge in [-0.3, -0.25) is 9.69 Å². The minimum absolute atomic E-state index is 0.0294. The maximum absolute atomic E-state index is 15.1. The smallest absolute Gasteiger partial charge is 0.407 e. The number of nitrogens with zero attached hydrogens (tertiary/aromatic N) is 5. The highest BCUT2D eigenvalue weighted by Gasteiger charge is 2.53. The van der Waals surface area contributed by atoms with Gasteiger partial charge in [0.1, 0.15) is 12.0 Å². The van der Waals surface area contributed by atoms with Crippen LogP contribution in [0.15, 0.2) is 60.0 Å². The molecule has 0 bridgehead atoms. The fourth-order valence-corrected chi connectivity index (χ4v) is 13.1. The number of amides is 2. The van der Waals surface area contributed by atoms with E-state index in [4.69, 9.17) is 4.74 Å². The summed E-state index contributed by atoms with van der Waals surface area (Å²) in [5.74, 6) is 0.496. The summed E-state index contributed by atoms with van der Waals surface area (Å²) in [7, 11) is -2.31. The van der Waals surface area contributed by atoms with E-state index in [-0.39, 0.29) is 40.5 Å². The van der Waals surface area contributed by atoms with Crippen molar-refractivity contribution in [2.75, 3.05) is 90.5 Å². The molecule has 1 N–H and O–H groups in total. The molecule has 8 rings (SSSR count). The number of carbonyl (C=O) groups is 2. The topological polar surface area (TPSA) is 106 Å². The predicted molar refractivity (Wildman–Crippen MR) is 220 cm³/mol. The Kier molecular flexibility index (Phi) is 12.2. The second kappa shape index (κ2) is 17.2. The van der Waals surface area contributed by atoms with Crippen LogP contribution >= 0.6 is 0 Å². The van der Waals surface area contributed by atoms with Crippen molar-refractivity contribution in [3.8, 4) is 0 Å². The SMILES string of the molecule is C=CC(=O)N1CC[C@@H](S(=O)(=O)c2ccc(N3CC(CN4CCC([C@@](CN5CCC5)(c5cccc(F)c5)[C@H]5CCC[C@@H]5NC(=O)OC)CC4)C3)cc2CN2CC(F)C2)C1. The summed E-state index contributed by atoms with van der Waals surface area (Å²) >= 11 is 0. The zero-order chi connectivity index (χ0) is 40.6. The maximum atomic E-state index is 15.1. The largest absolute Gasteiger partial charge is 0.453 e. The van der Waals surface area contributed by atoms with Crippen molar-refractivity contribution in [1.82, 2.24) is 24.9 Å². The minimum Gasteiger partial charge on any atom is -0.453 e. The molecule has 316 valence electrons. The molecule has 6 aliphatic rings. The number of halogens is 2. The summed E-state index contributed by atoms with van der Waals surface area (Å²) in [5.41, 5.74) is 2.42. The Labute approximate surface area is 342 Å². The number of sulfone groups is 1. The van der Waals surface area contributed by atoms with Crippen molar-refractivity contribution in [3.05, 3.63) is 72.1 Å². The second-order valence-electron chi connectivity index (χ2n) is 17.8. The maximum Gasteiger partial charge on any atom is 0.407 e. The number of alkyl carbamates (subject to hydrolysis) is 1. The van der Waals surface area contributed by atoms with Gasteiger partial charge in [-0.25, -0.2) is 22.0 Å². The van der Waals surface area contributed by atoms with Gasteiger partial charge in [-0.15, -0.1) is 0 Å². The van der Waals surface area contributed by atoms with E-state index in [2.05, 4.69) is 32.7 Å². The van der Waals surface area contributed by atoms with Gasteiger partial charge in [0.2, 0.25) is 5.91 Å². The molecule has 0 radical (unpaired) electrons. The molecule has 1 aliphatic carbocycles. The normalized spacial score (nSPS) is 26.4. The van der Waals surface area contributed by atoms with Gasteiger partial charge in [-0.1, -0.05) is 25.1 Å². The molecule has 5 heterocycles. The molecular weight excluding hydrogens is 763 g/mol. The second-order valence-corrected chi connectivity index (χ2v) is 20.0. The first-order chi connectivity index (χ1) is 28.0. The van der Waals surface area contributed by atoms with E-state index in [0.717, 1.165) is 95.7 Å². The number of likely N-dealkylation sites (tertiary alicyclic amines) is 4. The number of benzene rings is 2. The van der Waals surface area contributed by atoms with E-state index in [9.17, 15) is 22.4 Å². The molecular formula is C44H60F2N6O5S. The molecule has 0 aromatic heterocycles. The summed E-state index contributed by atoms with van der Waals surface area (Å²) in [4.78, 5) is 36.0. The molecule has 11 nitrogen and oxygen atoms in total. The lowest BCUT2D eigenvalue weighted by Crippen LogP contribution is -2.60. The molecule has 2 aromatic rings. The number of anilines is 1. The summed E-state index contributed by atoms with van der Waals surface area (Å²) in [6.07, 6.45) is 6.37. The Balaban J connectivity index is 0.940. The number of methoxy groups -OCH3 is 1. The lowest BCUT2D eigenvalue weighted by Gasteiger charge is -2.54. The quantitative estimate of drug-likeness (QED) is 0.268. The van der Waals surface area contributed by atoms with Crippen molar-refractivity contribution in [2.45, 2.75) is 79.3 Å². The standard InChI is InChI=1S/C44H60F2N6O5S/c1-3-42(53)51-20-15-38(29-51)58(55,56)41-12-11-37(21-32(41)26-50-27-36(46)28-50)52-24-31(25-52)23-48-18-13-33(14-19-48)44(30-49-16-6-17-49,34-7-4-8-35(45)22-34)39-9-5-10-40(39)47-43(54)57-2/h3-4,7-8,11-12,21-22,31,33,36,38-40H,1,5-6,9-10,13-20,23-30H2,2H3,(H,47,54)/t38-,39+,40+,44+/m1/s1. The number of hydrogen-bond acceptors (Lipinski definition) is 9. The van der Waals surface area contributed by atoms with Crippen LogP contribution in [-0.4, -0.2) is 143 Å². The zero-order valence-electron chi connectivity index (χ0n) is 33.9. The Bertz CT molecular complexity index is 1930. The first kappa shape index (κ1) is 41.2. The van der Waals surface area contributed by atoms with Gasteiger partial charge in [0, 0.05) is 82.0 Å². The van der Waals surface area contributed by atoms with Crippen LogP contribution in [0.5, 0.6) is 0 Å². The molecule has 0 spiro atoms. The van der Waals surface area contributed by atoms with Crippen molar-refractivity contribution in [1.29, 1.82) is 0 Å². The van der Waals surface area contributed by atoms with Crippen molar-refractivity contribution in [3.63, 3.8) is 0 Å². The van der Waals surface area contributed by atoms with Crippen LogP contribution in [0.1, 0.15) is 56.1 Å². The molecule has 4 atom stereocenters. The number of nitrogens with one attached hydrogen (secondary N) is 1. The van der Waals surface area contributed by atoms with Crippen LogP contribution in [0.2, 0.25) is 0 Å². The molecule has 1 saturated carbocycles. The first-order valence-electron chi connectivity index (χ1n) is 21.4. The van der Waals surface area contributed by atoms with E-state index >= 15 is 4.39 Å². The minimum atomic E-state index is -3.72. The average molecular weight is 823 g/mol. The van der Waals surface area contributed by atoms with Gasteiger partial charge in [0.25, 0.3) is 0 Å². The highest BCUT2D eigenvalue weighted by atomic mass is 32.2. The first-order valence-corrected chi connectivity index (χ1v) is 23.0. The number of alkyl halides is 1. The fraction of sp³-hybridized carbons (Fsp3) is 0.636. The van der Waals surface area contributed by atoms with Crippen molar-refractivity contribution < 1.29 is 31.5 Å². The monoisotopic (exact) mass is 822 g/mol. The van der Waals surface area contributed by atoms with Gasteiger partial charge in [-0.05, 0) is 124 Å². The molecule has 5 saturated heterocycles. The Morgan fingerprint density at radius 1 is 0.914 bits per heavy atom. The summed E-state index contributed by atoms with van der Waals surface area (Å²) < 4.78 is 61.9. The average Bonchev–Trinajstić information content (AvgIpc) is 3.87. The predicted octanol–water partition coefficient (Wildman–Crippen LogP) is 4.86. The fourth-order valence-electron chi connectivity index (χ4n) is 11.2. The third-order valence-corrected chi connectivity index (χ3v) is 16.6. The number of rotatable bonds is 14. The Hall–Kier alpha value is -3.59. The number of hydrogen-bond donors (Lipinski definition) is 1. The van der Waals surface area contributed by atoms with E-state index in [0.29, 0.717) is 50.0 Å². The Morgan fingerprint density at radius 3 is 2.36 bits per heavy atom. The molecule has 58 heavy (non-hydrogen) atoms. The summed E-state index contributed by atoms with van der Waals surface area (Å²) in [5, 5.41) is 2.50. The van der Waals surface area contributed by atoms with Gasteiger partial charge < -0.3 is 29.7 Å². The van der Waals surface area contributed by atoms with Crippen LogP contribution in [0, 0.1) is 23.6 Å². The van der Waals surface area contributed by atoms with E-state index in [1.54, 1.807) is 17.0 Å². The molecule has 2 amide bonds. The molecule has 6 fully saturated rings. The number of piperidine rings is 1. The number of ether oxygens (including phenoxy) is 1. The summed E-state index contributed by atoms with van der Waals surface area (Å²) in [6, 6.07) is 12.8. The zero-order valence-corrected chi connectivity index (χ0v) is 34.7. The van der Waals surface area contributed by atoms with E-state index in [1.807, 2.05) is 23.1 Å². The highest BCUT2D eigenvalue weighted by Crippen LogP contribution is 2.51. The molecule has 2 aromatic carbocycles. The molecule has 14 heteroatoms. The molecule has 0 unspecified atom stereocenters. The third-order valence-electron chi connectivity index (χ3n) is 14.3. The van der Waals surface area contributed by atoms with Crippen LogP contribution in [0.4, 0.5) is 19.3 Å². The van der Waals surface area contributed by atoms with Crippen LogP contribution in [0.25, 0.3) is 0 Å². The third kappa shape index (κ3) is 8.27. The van der Waals surface area contributed by atoms with Crippen LogP contribution in [-0.2, 0) is 31.3 Å². The van der Waals surface area contributed by atoms with Crippen LogP contribution < -0.4 is 10.2 Å². The molecule has 5 aliphatic heterocycles. The Morgan fingerprint density at radius 2 is 1.69 bits per heavy atom. The summed E-state index contributed by atoms with van der Waals surface area (Å²) in [6.45, 7) is 12.6. The van der Waals surface area contributed by atoms with Crippen molar-refractivity contribution >= 4 is 27.5 Å². The van der Waals surface area contributed by atoms with Gasteiger partial charge >= 0.3 is 6.09 Å². The van der Waals surface area contributed by atoms with E-state index in [1.165, 1.54) is 25.7 Å². The highest BCUT2D eigenvalue weighted by molar-refractivity contribution is 7.92.